The molecule has 1 fully saturated rings. The molecule has 1 aliphatic rings. The average Bonchev–Trinajstić information content (AvgIpc) is 2.34. The van der Waals surface area contributed by atoms with Gasteiger partial charge >= 0.3 is 0 Å². The van der Waals surface area contributed by atoms with E-state index in [1.165, 1.54) is 0 Å². The van der Waals surface area contributed by atoms with Crippen LogP contribution in [-0.2, 0) is 4.79 Å². The van der Waals surface area contributed by atoms with Crippen molar-refractivity contribution in [1.82, 2.24) is 4.90 Å². The number of nitrogens with zero attached hydrogens (tertiary/aromatic N) is 1. The van der Waals surface area contributed by atoms with Crippen LogP contribution in [0.15, 0.2) is 0 Å². The summed E-state index contributed by atoms with van der Waals surface area (Å²) in [6.45, 7) is 6.20. The molecule has 1 rings (SSSR count). The minimum absolute atomic E-state index is 0.0463. The molecule has 1 saturated heterocycles. The van der Waals surface area contributed by atoms with E-state index in [0.717, 1.165) is 0 Å². The third kappa shape index (κ3) is 2.91. The Bertz CT molecular complexity index is 147. The number of carbonyl (C=O) groups is 1. The number of ketones is 1. The summed E-state index contributed by atoms with van der Waals surface area (Å²) < 4.78 is 0. The number of rotatable bonds is 1. The number of hydrogen-bond acceptors (Lipinski definition) is 3. The van der Waals surface area contributed by atoms with Gasteiger partial charge in [0, 0.05) is 6.54 Å². The molecule has 0 spiro atoms. The molecule has 72 valence electrons. The van der Waals surface area contributed by atoms with Crippen molar-refractivity contribution < 1.29 is 9.90 Å². The molecule has 0 aromatic carbocycles. The lowest BCUT2D eigenvalue weighted by atomic mass is 10.1. The second kappa shape index (κ2) is 5.27. The predicted molar refractivity (Wildman–Crippen MR) is 49.1 cm³/mol. The zero-order chi connectivity index (χ0) is 9.72. The molecule has 0 aromatic rings. The molecule has 0 radical (unpaired) electrons. The molecule has 3 nitrogen and oxygen atoms in total. The van der Waals surface area contributed by atoms with Gasteiger partial charge in [-0.25, -0.2) is 0 Å². The number of carbonyl (C=O) groups excluding carboxylic acids is 1. The molecule has 1 unspecified atom stereocenters. The van der Waals surface area contributed by atoms with E-state index in [2.05, 4.69) is 0 Å². The first-order valence-corrected chi connectivity index (χ1v) is 4.50. The topological polar surface area (TPSA) is 40.5 Å². The first kappa shape index (κ1) is 11.6. The Balaban J connectivity index is 0.000000561. The first-order chi connectivity index (χ1) is 5.61. The van der Waals surface area contributed by atoms with Crippen LogP contribution in [0.2, 0.25) is 0 Å². The number of likely N-dealkylation sites (tertiary alicyclic amines) is 1. The van der Waals surface area contributed by atoms with Crippen LogP contribution in [0.1, 0.15) is 27.2 Å². The Labute approximate surface area is 74.4 Å². The monoisotopic (exact) mass is 173 g/mol. The van der Waals surface area contributed by atoms with Crippen molar-refractivity contribution in [3.05, 3.63) is 0 Å². The van der Waals surface area contributed by atoms with Crippen molar-refractivity contribution in [3.63, 3.8) is 0 Å². The number of aliphatic hydroxyl groups is 1. The highest BCUT2D eigenvalue weighted by Gasteiger charge is 2.30. The molecule has 12 heavy (non-hydrogen) atoms. The summed E-state index contributed by atoms with van der Waals surface area (Å²) in [5.41, 5.74) is 0. The maximum absolute atomic E-state index is 10.8. The highest BCUT2D eigenvalue weighted by Crippen LogP contribution is 2.15. The molecule has 1 heterocycles. The van der Waals surface area contributed by atoms with E-state index in [1.54, 1.807) is 6.92 Å². The number of β-amino-alcohol motifs (C(OH)–C–C–N with tert-alkyl or cyclic N) is 1. The van der Waals surface area contributed by atoms with Gasteiger partial charge in [0.25, 0.3) is 0 Å². The van der Waals surface area contributed by atoms with Crippen LogP contribution in [-0.4, -0.2) is 41.5 Å². The van der Waals surface area contributed by atoms with Gasteiger partial charge in [0.15, 0.2) is 0 Å². The van der Waals surface area contributed by atoms with Crippen molar-refractivity contribution in [2.75, 3.05) is 13.6 Å². The molecule has 1 N–H and O–H groups in total. The fourth-order valence-corrected chi connectivity index (χ4v) is 1.45. The molecule has 2 atom stereocenters. The second-order valence-electron chi connectivity index (χ2n) is 2.96. The summed E-state index contributed by atoms with van der Waals surface area (Å²) in [6.07, 6.45) is 0.296. The van der Waals surface area contributed by atoms with Crippen molar-refractivity contribution in [2.24, 2.45) is 0 Å². The molecular weight excluding hydrogens is 154 g/mol. The van der Waals surface area contributed by atoms with Crippen molar-refractivity contribution in [2.45, 2.75) is 39.3 Å². The summed E-state index contributed by atoms with van der Waals surface area (Å²) in [7, 11) is 1.86. The number of aliphatic hydroxyl groups excluding tert-OH is 1. The van der Waals surface area contributed by atoms with Crippen LogP contribution >= 0.6 is 0 Å². The van der Waals surface area contributed by atoms with Gasteiger partial charge in [-0.3, -0.25) is 9.69 Å². The number of likely N-dealkylation sites (N-methyl/N-ethyl adjacent to an activating group) is 1. The summed E-state index contributed by atoms with van der Waals surface area (Å²) in [4.78, 5) is 12.7. The van der Waals surface area contributed by atoms with Gasteiger partial charge in [0.2, 0.25) is 0 Å². The molecule has 1 aliphatic heterocycles. The SMILES string of the molecule is CC.CC(=O)[C@@H]1CC(O)CN1C. The minimum atomic E-state index is -0.307. The molecule has 0 aliphatic carbocycles. The third-order valence-electron chi connectivity index (χ3n) is 2.00. The Morgan fingerprint density at radius 2 is 2.00 bits per heavy atom. The summed E-state index contributed by atoms with van der Waals surface area (Å²) in [5.74, 6) is 0.152. The van der Waals surface area contributed by atoms with Crippen molar-refractivity contribution >= 4 is 5.78 Å². The van der Waals surface area contributed by atoms with E-state index >= 15 is 0 Å². The lowest BCUT2D eigenvalue weighted by Gasteiger charge is -2.14. The fourth-order valence-electron chi connectivity index (χ4n) is 1.45. The molecular formula is C9H19NO2. The first-order valence-electron chi connectivity index (χ1n) is 4.50. The molecule has 0 amide bonds. The molecule has 0 bridgehead atoms. The van der Waals surface area contributed by atoms with Gasteiger partial charge in [-0.2, -0.15) is 0 Å². The van der Waals surface area contributed by atoms with E-state index < -0.39 is 0 Å². The normalized spacial score (nSPS) is 29.4. The van der Waals surface area contributed by atoms with E-state index in [4.69, 9.17) is 5.11 Å². The maximum Gasteiger partial charge on any atom is 0.146 e. The van der Waals surface area contributed by atoms with Crippen LogP contribution in [0.25, 0.3) is 0 Å². The fraction of sp³-hybridized carbons (Fsp3) is 0.889. The van der Waals surface area contributed by atoms with Crippen molar-refractivity contribution in [3.8, 4) is 0 Å². The maximum atomic E-state index is 10.8. The lowest BCUT2D eigenvalue weighted by molar-refractivity contribution is -0.120. The summed E-state index contributed by atoms with van der Waals surface area (Å²) >= 11 is 0. The van der Waals surface area contributed by atoms with Gasteiger partial charge < -0.3 is 5.11 Å². The van der Waals surface area contributed by atoms with E-state index in [0.29, 0.717) is 13.0 Å². The molecule has 3 heteroatoms. The Hall–Kier alpha value is -0.410. The van der Waals surface area contributed by atoms with E-state index in [9.17, 15) is 4.79 Å². The quantitative estimate of drug-likeness (QED) is 0.633. The van der Waals surface area contributed by atoms with E-state index in [-0.39, 0.29) is 17.9 Å². The molecule has 0 aromatic heterocycles. The Morgan fingerprint density at radius 3 is 2.17 bits per heavy atom. The van der Waals surface area contributed by atoms with Gasteiger partial charge in [0.05, 0.1) is 12.1 Å². The summed E-state index contributed by atoms with van der Waals surface area (Å²) in [5, 5.41) is 9.12. The lowest BCUT2D eigenvalue weighted by Crippen LogP contribution is -2.30. The van der Waals surface area contributed by atoms with Gasteiger partial charge in [0.1, 0.15) is 5.78 Å². The average molecular weight is 173 g/mol. The summed E-state index contributed by atoms with van der Waals surface area (Å²) in [6, 6.07) is -0.0463. The zero-order valence-electron chi connectivity index (χ0n) is 8.37. The van der Waals surface area contributed by atoms with Crippen molar-refractivity contribution in [1.29, 1.82) is 0 Å². The van der Waals surface area contributed by atoms with E-state index in [1.807, 2.05) is 25.8 Å². The largest absolute Gasteiger partial charge is 0.392 e. The van der Waals surface area contributed by atoms with Crippen LogP contribution in [0, 0.1) is 0 Å². The van der Waals surface area contributed by atoms with Crippen LogP contribution in [0.3, 0.4) is 0 Å². The third-order valence-corrected chi connectivity index (χ3v) is 2.00. The predicted octanol–water partition coefficient (Wildman–Crippen LogP) is 0.667. The minimum Gasteiger partial charge on any atom is -0.392 e. The van der Waals surface area contributed by atoms with Gasteiger partial charge in [-0.1, -0.05) is 13.8 Å². The molecule has 0 saturated carbocycles. The van der Waals surface area contributed by atoms with Gasteiger partial charge in [-0.05, 0) is 20.4 Å². The Morgan fingerprint density at radius 1 is 1.50 bits per heavy atom. The van der Waals surface area contributed by atoms with Crippen LogP contribution in [0.4, 0.5) is 0 Å². The number of hydrogen-bond donors (Lipinski definition) is 1. The highest BCUT2D eigenvalue weighted by molar-refractivity contribution is 5.81. The smallest absolute Gasteiger partial charge is 0.146 e. The highest BCUT2D eigenvalue weighted by atomic mass is 16.3. The standard InChI is InChI=1S/C7H13NO2.C2H6/c1-5(9)7-3-6(10)4-8(7)2;1-2/h6-7,10H,3-4H2,1-2H3;1-2H3/t6?,7-;/m0./s1. The van der Waals surface area contributed by atoms with Gasteiger partial charge in [-0.15, -0.1) is 0 Å². The number of Topliss-reactive ketones (excluding diaryl/α,β-unsaturated/α-hetero) is 1. The van der Waals surface area contributed by atoms with Crippen LogP contribution in [0.5, 0.6) is 0 Å². The van der Waals surface area contributed by atoms with Crippen LogP contribution < -0.4 is 0 Å². The Kier molecular flexibility index (Phi) is 5.09. The zero-order valence-corrected chi connectivity index (χ0v) is 8.37. The second-order valence-corrected chi connectivity index (χ2v) is 2.96.